The van der Waals surface area contributed by atoms with Gasteiger partial charge in [-0.3, -0.25) is 0 Å². The molecule has 1 aromatic carbocycles. The Labute approximate surface area is 82.9 Å². The van der Waals surface area contributed by atoms with Crippen LogP contribution >= 0.6 is 11.6 Å². The molecule has 0 amide bonds. The molecular formula is C10H12ClNO. The Morgan fingerprint density at radius 3 is 2.54 bits per heavy atom. The zero-order chi connectivity index (χ0) is 9.68. The third-order valence-corrected chi connectivity index (χ3v) is 2.16. The molecule has 1 atom stereocenters. The zero-order valence-corrected chi connectivity index (χ0v) is 8.21. The van der Waals surface area contributed by atoms with Gasteiger partial charge in [-0.25, -0.2) is 0 Å². The largest absolute Gasteiger partial charge is 0.311 e. The van der Waals surface area contributed by atoms with Gasteiger partial charge in [-0.2, -0.15) is 0 Å². The number of rotatable bonds is 4. The Hall–Kier alpha value is -0.860. The van der Waals surface area contributed by atoms with Crippen molar-refractivity contribution in [3.05, 3.63) is 34.9 Å². The summed E-state index contributed by atoms with van der Waals surface area (Å²) in [4.78, 5) is 10.5. The molecule has 0 saturated heterocycles. The second kappa shape index (κ2) is 5.00. The fourth-order valence-corrected chi connectivity index (χ4v) is 1.22. The summed E-state index contributed by atoms with van der Waals surface area (Å²) in [7, 11) is 1.77. The molecule has 0 saturated carbocycles. The number of nitrogens with one attached hydrogen (secondary N) is 1. The topological polar surface area (TPSA) is 29.1 Å². The first-order chi connectivity index (χ1) is 6.26. The van der Waals surface area contributed by atoms with Crippen LogP contribution in [0.25, 0.3) is 0 Å². The molecule has 1 N–H and O–H groups in total. The van der Waals surface area contributed by atoms with Crippen molar-refractivity contribution in [2.75, 3.05) is 7.05 Å². The lowest BCUT2D eigenvalue weighted by Crippen LogP contribution is -2.28. The SMILES string of the molecule is CNC(C=O)Cc1ccc(Cl)cc1. The van der Waals surface area contributed by atoms with E-state index in [1.807, 2.05) is 24.3 Å². The van der Waals surface area contributed by atoms with Crippen molar-refractivity contribution in [3.63, 3.8) is 0 Å². The summed E-state index contributed by atoms with van der Waals surface area (Å²) in [5.41, 5.74) is 1.11. The van der Waals surface area contributed by atoms with Crippen LogP contribution in [-0.2, 0) is 11.2 Å². The highest BCUT2D eigenvalue weighted by atomic mass is 35.5. The van der Waals surface area contributed by atoms with Gasteiger partial charge >= 0.3 is 0 Å². The minimum atomic E-state index is -0.110. The monoisotopic (exact) mass is 197 g/mol. The van der Waals surface area contributed by atoms with Gasteiger partial charge in [-0.05, 0) is 31.2 Å². The predicted molar refractivity (Wildman–Crippen MR) is 54.1 cm³/mol. The lowest BCUT2D eigenvalue weighted by molar-refractivity contribution is -0.109. The van der Waals surface area contributed by atoms with Crippen LogP contribution in [0.5, 0.6) is 0 Å². The van der Waals surface area contributed by atoms with E-state index in [2.05, 4.69) is 5.32 Å². The van der Waals surface area contributed by atoms with E-state index in [1.54, 1.807) is 7.05 Å². The van der Waals surface area contributed by atoms with Crippen molar-refractivity contribution in [3.8, 4) is 0 Å². The highest BCUT2D eigenvalue weighted by molar-refractivity contribution is 6.30. The van der Waals surface area contributed by atoms with Crippen LogP contribution in [0.1, 0.15) is 5.56 Å². The van der Waals surface area contributed by atoms with Crippen LogP contribution in [-0.4, -0.2) is 19.4 Å². The van der Waals surface area contributed by atoms with Gasteiger partial charge in [0.1, 0.15) is 6.29 Å². The molecule has 0 radical (unpaired) electrons. The van der Waals surface area contributed by atoms with E-state index >= 15 is 0 Å². The molecule has 0 spiro atoms. The first kappa shape index (κ1) is 10.2. The molecule has 0 fully saturated rings. The average Bonchev–Trinajstić information content (AvgIpc) is 2.17. The molecule has 2 nitrogen and oxygen atoms in total. The van der Waals surface area contributed by atoms with E-state index in [0.717, 1.165) is 16.9 Å². The van der Waals surface area contributed by atoms with Gasteiger partial charge in [0, 0.05) is 5.02 Å². The first-order valence-corrected chi connectivity index (χ1v) is 4.51. The standard InChI is InChI=1S/C10H12ClNO/c1-12-10(7-13)6-8-2-4-9(11)5-3-8/h2-5,7,10,12H,6H2,1H3. The maximum absolute atomic E-state index is 10.5. The number of halogens is 1. The highest BCUT2D eigenvalue weighted by Gasteiger charge is 2.04. The molecule has 0 heterocycles. The molecule has 0 aliphatic carbocycles. The minimum absolute atomic E-state index is 0.110. The van der Waals surface area contributed by atoms with Gasteiger partial charge < -0.3 is 10.1 Å². The molecule has 1 unspecified atom stereocenters. The summed E-state index contributed by atoms with van der Waals surface area (Å²) in [6.45, 7) is 0. The van der Waals surface area contributed by atoms with Gasteiger partial charge in [-0.1, -0.05) is 23.7 Å². The Morgan fingerprint density at radius 1 is 1.46 bits per heavy atom. The van der Waals surface area contributed by atoms with Crippen molar-refractivity contribution >= 4 is 17.9 Å². The van der Waals surface area contributed by atoms with Crippen molar-refractivity contribution in [2.45, 2.75) is 12.5 Å². The van der Waals surface area contributed by atoms with Crippen LogP contribution in [0.2, 0.25) is 5.02 Å². The van der Waals surface area contributed by atoms with Crippen molar-refractivity contribution in [2.24, 2.45) is 0 Å². The second-order valence-electron chi connectivity index (χ2n) is 2.86. The number of likely N-dealkylation sites (N-methyl/N-ethyl adjacent to an activating group) is 1. The lowest BCUT2D eigenvalue weighted by atomic mass is 10.1. The smallest absolute Gasteiger partial charge is 0.137 e. The number of carbonyl (C=O) groups is 1. The molecule has 0 aliphatic rings. The third kappa shape index (κ3) is 3.17. The van der Waals surface area contributed by atoms with E-state index in [-0.39, 0.29) is 6.04 Å². The third-order valence-electron chi connectivity index (χ3n) is 1.90. The summed E-state index contributed by atoms with van der Waals surface area (Å²) >= 11 is 5.73. The van der Waals surface area contributed by atoms with Gasteiger partial charge in [0.25, 0.3) is 0 Å². The molecular weight excluding hydrogens is 186 g/mol. The Kier molecular flexibility index (Phi) is 3.93. The quantitative estimate of drug-likeness (QED) is 0.745. The average molecular weight is 198 g/mol. The first-order valence-electron chi connectivity index (χ1n) is 4.13. The fraction of sp³-hybridized carbons (Fsp3) is 0.300. The zero-order valence-electron chi connectivity index (χ0n) is 7.46. The molecule has 1 aromatic rings. The summed E-state index contributed by atoms with van der Waals surface area (Å²) in [5, 5.41) is 3.63. The number of aldehydes is 1. The van der Waals surface area contributed by atoms with Gasteiger partial charge in [0.2, 0.25) is 0 Å². The van der Waals surface area contributed by atoms with Gasteiger partial charge in [0.05, 0.1) is 6.04 Å². The van der Waals surface area contributed by atoms with Crippen LogP contribution in [0, 0.1) is 0 Å². The Morgan fingerprint density at radius 2 is 2.08 bits per heavy atom. The van der Waals surface area contributed by atoms with E-state index in [9.17, 15) is 4.79 Å². The van der Waals surface area contributed by atoms with Crippen LogP contribution in [0.4, 0.5) is 0 Å². The Balaban J connectivity index is 2.63. The molecule has 70 valence electrons. The van der Waals surface area contributed by atoms with Crippen molar-refractivity contribution < 1.29 is 4.79 Å². The summed E-state index contributed by atoms with van der Waals surface area (Å²) in [6, 6.07) is 7.40. The highest BCUT2D eigenvalue weighted by Crippen LogP contribution is 2.10. The summed E-state index contributed by atoms with van der Waals surface area (Å²) in [6.07, 6.45) is 1.62. The molecule has 3 heteroatoms. The maximum atomic E-state index is 10.5. The van der Waals surface area contributed by atoms with E-state index in [1.165, 1.54) is 0 Å². The maximum Gasteiger partial charge on any atom is 0.137 e. The van der Waals surface area contributed by atoms with Crippen LogP contribution in [0.3, 0.4) is 0 Å². The van der Waals surface area contributed by atoms with Gasteiger partial charge in [0.15, 0.2) is 0 Å². The predicted octanol–water partition coefficient (Wildman–Crippen LogP) is 1.67. The Bertz CT molecular complexity index is 271. The molecule has 1 rings (SSSR count). The second-order valence-corrected chi connectivity index (χ2v) is 3.30. The number of hydrogen-bond donors (Lipinski definition) is 1. The van der Waals surface area contributed by atoms with E-state index in [4.69, 9.17) is 11.6 Å². The minimum Gasteiger partial charge on any atom is -0.311 e. The van der Waals surface area contributed by atoms with E-state index < -0.39 is 0 Å². The molecule has 0 aliphatic heterocycles. The van der Waals surface area contributed by atoms with Crippen LogP contribution < -0.4 is 5.32 Å². The number of benzene rings is 1. The molecule has 0 bridgehead atoms. The number of carbonyl (C=O) groups excluding carboxylic acids is 1. The van der Waals surface area contributed by atoms with Crippen molar-refractivity contribution in [1.29, 1.82) is 0 Å². The summed E-state index contributed by atoms with van der Waals surface area (Å²) in [5.74, 6) is 0. The number of hydrogen-bond acceptors (Lipinski definition) is 2. The summed E-state index contributed by atoms with van der Waals surface area (Å²) < 4.78 is 0. The van der Waals surface area contributed by atoms with Crippen LogP contribution in [0.15, 0.2) is 24.3 Å². The molecule has 0 aromatic heterocycles. The van der Waals surface area contributed by atoms with Crippen molar-refractivity contribution in [1.82, 2.24) is 5.32 Å². The van der Waals surface area contributed by atoms with E-state index in [0.29, 0.717) is 6.42 Å². The fourth-order valence-electron chi connectivity index (χ4n) is 1.09. The van der Waals surface area contributed by atoms with Gasteiger partial charge in [-0.15, -0.1) is 0 Å². The molecule has 13 heavy (non-hydrogen) atoms. The lowest BCUT2D eigenvalue weighted by Gasteiger charge is -2.08. The normalized spacial score (nSPS) is 12.5.